The quantitative estimate of drug-likeness (QED) is 0.317. The number of pyridine rings is 1. The highest BCUT2D eigenvalue weighted by molar-refractivity contribution is 6.34. The summed E-state index contributed by atoms with van der Waals surface area (Å²) in [4.78, 5) is 22.4. The smallest absolute Gasteiger partial charge is 0.330 e. The number of carbonyl (C=O) groups is 1. The molecule has 1 fully saturated rings. The van der Waals surface area contributed by atoms with Gasteiger partial charge in [-0.05, 0) is 49.0 Å². The summed E-state index contributed by atoms with van der Waals surface area (Å²) in [6.45, 7) is 3.79. The SMILES string of the molecule is CN1CCN(c2cc3c(ccn3C(=O)Nc3ccc(-c4cccc5cccnc45)cc3)cc2Cl)CC1. The van der Waals surface area contributed by atoms with E-state index < -0.39 is 0 Å². The van der Waals surface area contributed by atoms with Crippen molar-refractivity contribution in [1.82, 2.24) is 14.5 Å². The Morgan fingerprint density at radius 1 is 0.917 bits per heavy atom. The molecule has 1 N–H and O–H groups in total. The van der Waals surface area contributed by atoms with E-state index in [1.165, 1.54) is 0 Å². The molecular formula is C29H26ClN5O. The van der Waals surface area contributed by atoms with Crippen LogP contribution in [0.5, 0.6) is 0 Å². The van der Waals surface area contributed by atoms with E-state index >= 15 is 0 Å². The number of fused-ring (bicyclic) bond motifs is 2. The van der Waals surface area contributed by atoms with Gasteiger partial charge in [-0.25, -0.2) is 4.79 Å². The Bertz CT molecular complexity index is 1560. The number of benzene rings is 3. The highest BCUT2D eigenvalue weighted by Crippen LogP contribution is 2.33. The Balaban J connectivity index is 1.25. The van der Waals surface area contributed by atoms with Gasteiger partial charge in [-0.15, -0.1) is 0 Å². The summed E-state index contributed by atoms with van der Waals surface area (Å²) < 4.78 is 1.65. The standard InChI is InChI=1S/C29H26ClN5O/c1-33-14-16-34(17-15-33)27-19-26-22(18-25(27)30)11-13-35(26)29(36)32-23-9-7-20(8-10-23)24-6-2-4-21-5-3-12-31-28(21)24/h2-13,18-19H,14-17H2,1H3,(H,32,36). The summed E-state index contributed by atoms with van der Waals surface area (Å²) in [5, 5.41) is 5.78. The van der Waals surface area contributed by atoms with Crippen LogP contribution >= 0.6 is 11.6 Å². The lowest BCUT2D eigenvalue weighted by Gasteiger charge is -2.34. The van der Waals surface area contributed by atoms with Gasteiger partial charge in [0.05, 0.1) is 21.7 Å². The number of nitrogens with one attached hydrogen (secondary N) is 1. The number of hydrogen-bond acceptors (Lipinski definition) is 4. The number of halogens is 1. The molecule has 0 bridgehead atoms. The summed E-state index contributed by atoms with van der Waals surface area (Å²) in [5.74, 6) is 0. The van der Waals surface area contributed by atoms with Crippen LogP contribution in [0.4, 0.5) is 16.2 Å². The van der Waals surface area contributed by atoms with E-state index in [-0.39, 0.29) is 6.03 Å². The van der Waals surface area contributed by atoms with Gasteiger partial charge in [0.15, 0.2) is 0 Å². The molecule has 0 aliphatic carbocycles. The highest BCUT2D eigenvalue weighted by atomic mass is 35.5. The molecule has 0 atom stereocenters. The van der Waals surface area contributed by atoms with Crippen molar-refractivity contribution in [3.05, 3.63) is 90.2 Å². The van der Waals surface area contributed by atoms with E-state index in [0.717, 1.165) is 70.5 Å². The van der Waals surface area contributed by atoms with E-state index in [1.807, 2.05) is 60.8 Å². The van der Waals surface area contributed by atoms with Crippen molar-refractivity contribution in [3.63, 3.8) is 0 Å². The van der Waals surface area contributed by atoms with Gasteiger partial charge in [0.1, 0.15) is 0 Å². The number of nitrogens with zero attached hydrogens (tertiary/aromatic N) is 4. The fourth-order valence-electron chi connectivity index (χ4n) is 4.86. The predicted octanol–water partition coefficient (Wildman–Crippen LogP) is 6.34. The van der Waals surface area contributed by atoms with Gasteiger partial charge in [-0.1, -0.05) is 48.0 Å². The molecule has 5 aromatic rings. The van der Waals surface area contributed by atoms with Crippen molar-refractivity contribution in [2.75, 3.05) is 43.4 Å². The summed E-state index contributed by atoms with van der Waals surface area (Å²) in [5.41, 5.74) is 5.62. The first-order chi connectivity index (χ1) is 17.6. The molecule has 1 amide bonds. The van der Waals surface area contributed by atoms with E-state index in [4.69, 9.17) is 11.6 Å². The molecule has 1 aliphatic rings. The molecule has 0 saturated carbocycles. The van der Waals surface area contributed by atoms with Crippen LogP contribution in [0, 0.1) is 0 Å². The van der Waals surface area contributed by atoms with Crippen molar-refractivity contribution in [2.24, 2.45) is 0 Å². The molecule has 3 aromatic carbocycles. The summed E-state index contributed by atoms with van der Waals surface area (Å²) >= 11 is 6.62. The lowest BCUT2D eigenvalue weighted by atomic mass is 10.0. The molecule has 36 heavy (non-hydrogen) atoms. The molecule has 6 rings (SSSR count). The number of carbonyl (C=O) groups excluding carboxylic acids is 1. The zero-order valence-corrected chi connectivity index (χ0v) is 20.7. The lowest BCUT2D eigenvalue weighted by molar-refractivity contribution is 0.254. The maximum absolute atomic E-state index is 13.2. The van der Waals surface area contributed by atoms with Crippen LogP contribution in [0.25, 0.3) is 32.9 Å². The zero-order valence-electron chi connectivity index (χ0n) is 20.0. The number of anilines is 2. The number of rotatable bonds is 3. The van der Waals surface area contributed by atoms with E-state index in [1.54, 1.807) is 10.8 Å². The van der Waals surface area contributed by atoms with E-state index in [0.29, 0.717) is 5.02 Å². The predicted molar refractivity (Wildman–Crippen MR) is 148 cm³/mol. The number of amides is 1. The first-order valence-corrected chi connectivity index (χ1v) is 12.4. The third kappa shape index (κ3) is 4.19. The molecule has 1 saturated heterocycles. The van der Waals surface area contributed by atoms with Crippen LogP contribution in [0.2, 0.25) is 5.02 Å². The minimum Gasteiger partial charge on any atom is -0.368 e. The number of aromatic nitrogens is 2. The van der Waals surface area contributed by atoms with Gasteiger partial charge < -0.3 is 15.1 Å². The molecule has 0 unspecified atom stereocenters. The lowest BCUT2D eigenvalue weighted by Crippen LogP contribution is -2.44. The number of likely N-dealkylation sites (N-methyl/N-ethyl adjacent to an activating group) is 1. The number of hydrogen-bond donors (Lipinski definition) is 1. The monoisotopic (exact) mass is 495 g/mol. The normalized spacial score (nSPS) is 14.4. The molecule has 180 valence electrons. The second-order valence-corrected chi connectivity index (χ2v) is 9.63. The first kappa shape index (κ1) is 22.6. The van der Waals surface area contributed by atoms with Crippen LogP contribution in [0.3, 0.4) is 0 Å². The van der Waals surface area contributed by atoms with Crippen LogP contribution < -0.4 is 10.2 Å². The Morgan fingerprint density at radius 3 is 2.50 bits per heavy atom. The largest absolute Gasteiger partial charge is 0.368 e. The maximum Gasteiger partial charge on any atom is 0.330 e. The third-order valence-corrected chi connectivity index (χ3v) is 7.20. The third-order valence-electron chi connectivity index (χ3n) is 6.90. The van der Waals surface area contributed by atoms with Gasteiger partial charge in [-0.3, -0.25) is 9.55 Å². The second kappa shape index (κ2) is 9.30. The fourth-order valence-corrected chi connectivity index (χ4v) is 5.16. The molecular weight excluding hydrogens is 470 g/mol. The Morgan fingerprint density at radius 2 is 1.69 bits per heavy atom. The van der Waals surface area contributed by atoms with Gasteiger partial charge >= 0.3 is 6.03 Å². The Hall–Kier alpha value is -3.87. The van der Waals surface area contributed by atoms with Crippen LogP contribution in [-0.4, -0.2) is 53.7 Å². The average molecular weight is 496 g/mol. The number of para-hydroxylation sites is 1. The second-order valence-electron chi connectivity index (χ2n) is 9.23. The number of piperazine rings is 1. The van der Waals surface area contributed by atoms with Gasteiger partial charge in [0.25, 0.3) is 0 Å². The molecule has 7 heteroatoms. The summed E-state index contributed by atoms with van der Waals surface area (Å²) in [6, 6.07) is 23.7. The van der Waals surface area contributed by atoms with Gasteiger partial charge in [0.2, 0.25) is 0 Å². The van der Waals surface area contributed by atoms with E-state index in [2.05, 4.69) is 45.3 Å². The minimum atomic E-state index is -0.212. The van der Waals surface area contributed by atoms with Gasteiger partial charge in [0, 0.05) is 60.6 Å². The summed E-state index contributed by atoms with van der Waals surface area (Å²) in [6.07, 6.45) is 3.60. The Kier molecular flexibility index (Phi) is 5.83. The Labute approximate surface area is 214 Å². The maximum atomic E-state index is 13.2. The van der Waals surface area contributed by atoms with Crippen LogP contribution in [-0.2, 0) is 0 Å². The fraction of sp³-hybridized carbons (Fsp3) is 0.172. The van der Waals surface area contributed by atoms with E-state index in [9.17, 15) is 4.79 Å². The molecule has 0 radical (unpaired) electrons. The minimum absolute atomic E-state index is 0.212. The van der Waals surface area contributed by atoms with Crippen molar-refractivity contribution in [3.8, 4) is 11.1 Å². The summed E-state index contributed by atoms with van der Waals surface area (Å²) in [7, 11) is 2.13. The topological polar surface area (TPSA) is 53.4 Å². The molecule has 1 aliphatic heterocycles. The van der Waals surface area contributed by atoms with Crippen LogP contribution in [0.1, 0.15) is 0 Å². The van der Waals surface area contributed by atoms with Crippen molar-refractivity contribution in [1.29, 1.82) is 0 Å². The average Bonchev–Trinajstić information content (AvgIpc) is 3.32. The van der Waals surface area contributed by atoms with Crippen molar-refractivity contribution >= 4 is 50.8 Å². The molecule has 2 aromatic heterocycles. The zero-order chi connectivity index (χ0) is 24.6. The van der Waals surface area contributed by atoms with Crippen molar-refractivity contribution in [2.45, 2.75) is 0 Å². The molecule has 6 nitrogen and oxygen atoms in total. The van der Waals surface area contributed by atoms with Crippen LogP contribution in [0.15, 0.2) is 85.2 Å². The van der Waals surface area contributed by atoms with Crippen molar-refractivity contribution < 1.29 is 4.79 Å². The van der Waals surface area contributed by atoms with Gasteiger partial charge in [-0.2, -0.15) is 0 Å². The molecule has 0 spiro atoms. The molecule has 3 heterocycles. The highest BCUT2D eigenvalue weighted by Gasteiger charge is 2.19. The first-order valence-electron chi connectivity index (χ1n) is 12.1.